The fraction of sp³-hybridized carbons (Fsp3) is 0.632. The van der Waals surface area contributed by atoms with Crippen molar-refractivity contribution >= 4 is 11.6 Å². The molecule has 1 aromatic carbocycles. The van der Waals surface area contributed by atoms with Crippen LogP contribution in [0.2, 0.25) is 0 Å². The topological polar surface area (TPSA) is 48.9 Å². The molecule has 0 spiro atoms. The quantitative estimate of drug-likeness (QED) is 0.656. The molecule has 2 heterocycles. The van der Waals surface area contributed by atoms with Crippen LogP contribution in [-0.2, 0) is 4.74 Å². The third-order valence-corrected chi connectivity index (χ3v) is 4.97. The number of hydrogen-bond donors (Lipinski definition) is 2. The molecular weight excluding hydrogens is 300 g/mol. The van der Waals surface area contributed by atoms with Crippen LogP contribution in [0.3, 0.4) is 0 Å². The second-order valence-electron chi connectivity index (χ2n) is 7.49. The maximum atomic E-state index is 5.32. The lowest BCUT2D eigenvalue weighted by Crippen LogP contribution is -2.55. The molecule has 2 fully saturated rings. The minimum atomic E-state index is 0.248. The Labute approximate surface area is 145 Å². The van der Waals surface area contributed by atoms with E-state index in [9.17, 15) is 0 Å². The normalized spacial score (nSPS) is 23.5. The predicted molar refractivity (Wildman–Crippen MR) is 99.8 cm³/mol. The lowest BCUT2D eigenvalue weighted by molar-refractivity contribution is -0.0971. The number of benzene rings is 1. The first-order valence-corrected chi connectivity index (χ1v) is 8.94. The molecule has 0 aromatic heterocycles. The van der Waals surface area contributed by atoms with Gasteiger partial charge in [0.05, 0.1) is 13.2 Å². The van der Waals surface area contributed by atoms with Crippen molar-refractivity contribution in [1.82, 2.24) is 10.6 Å². The summed E-state index contributed by atoms with van der Waals surface area (Å²) in [5, 5.41) is 7.06. The number of ether oxygens (including phenoxy) is 1. The van der Waals surface area contributed by atoms with Gasteiger partial charge in [0.15, 0.2) is 5.96 Å². The summed E-state index contributed by atoms with van der Waals surface area (Å²) >= 11 is 0. The third kappa shape index (κ3) is 4.20. The first-order chi connectivity index (χ1) is 11.6. The smallest absolute Gasteiger partial charge is 0.191 e. The number of piperidine rings is 1. The minimum absolute atomic E-state index is 0.248. The third-order valence-electron chi connectivity index (χ3n) is 4.97. The van der Waals surface area contributed by atoms with Crippen LogP contribution in [0.15, 0.2) is 29.3 Å². The van der Waals surface area contributed by atoms with Crippen LogP contribution < -0.4 is 15.5 Å². The van der Waals surface area contributed by atoms with Crippen molar-refractivity contribution < 1.29 is 4.74 Å². The van der Waals surface area contributed by atoms with E-state index in [-0.39, 0.29) is 5.41 Å². The van der Waals surface area contributed by atoms with Crippen molar-refractivity contribution in [2.24, 2.45) is 10.4 Å². The Bertz CT molecular complexity index is 565. The van der Waals surface area contributed by atoms with Gasteiger partial charge in [0.25, 0.3) is 0 Å². The van der Waals surface area contributed by atoms with E-state index in [2.05, 4.69) is 58.6 Å². The summed E-state index contributed by atoms with van der Waals surface area (Å²) in [7, 11) is 1.84. The molecule has 2 N–H and O–H groups in total. The fourth-order valence-electron chi connectivity index (χ4n) is 3.32. The second kappa shape index (κ2) is 7.43. The first kappa shape index (κ1) is 17.1. The molecule has 2 aliphatic heterocycles. The lowest BCUT2D eigenvalue weighted by Gasteiger charge is -2.39. The molecule has 1 atom stereocenters. The number of nitrogens with one attached hydrogen (secondary N) is 2. The van der Waals surface area contributed by atoms with Gasteiger partial charge in [0.2, 0.25) is 0 Å². The van der Waals surface area contributed by atoms with Gasteiger partial charge in [-0.2, -0.15) is 0 Å². The Balaban J connectivity index is 1.53. The number of hydrogen-bond acceptors (Lipinski definition) is 3. The highest BCUT2D eigenvalue weighted by Gasteiger charge is 2.33. The lowest BCUT2D eigenvalue weighted by atomic mass is 9.89. The zero-order valence-corrected chi connectivity index (χ0v) is 15.1. The average Bonchev–Trinajstić information content (AvgIpc) is 2.58. The van der Waals surface area contributed by atoms with Crippen molar-refractivity contribution in [3.8, 4) is 0 Å². The molecule has 132 valence electrons. The van der Waals surface area contributed by atoms with Gasteiger partial charge in [-0.25, -0.2) is 0 Å². The Hall–Kier alpha value is -1.75. The van der Waals surface area contributed by atoms with Crippen LogP contribution in [0.4, 0.5) is 5.69 Å². The van der Waals surface area contributed by atoms with E-state index in [4.69, 9.17) is 4.74 Å². The van der Waals surface area contributed by atoms with Crippen molar-refractivity contribution in [2.45, 2.75) is 32.7 Å². The monoisotopic (exact) mass is 330 g/mol. The van der Waals surface area contributed by atoms with Crippen molar-refractivity contribution in [3.05, 3.63) is 29.8 Å². The van der Waals surface area contributed by atoms with Crippen molar-refractivity contribution in [3.63, 3.8) is 0 Å². The van der Waals surface area contributed by atoms with Crippen LogP contribution >= 0.6 is 0 Å². The number of aryl methyl sites for hydroxylation is 1. The summed E-state index contributed by atoms with van der Waals surface area (Å²) in [4.78, 5) is 6.86. The molecule has 0 radical (unpaired) electrons. The molecule has 0 aliphatic carbocycles. The van der Waals surface area contributed by atoms with Gasteiger partial charge in [0.1, 0.15) is 0 Å². The molecule has 1 aromatic rings. The van der Waals surface area contributed by atoms with Gasteiger partial charge in [-0.15, -0.1) is 0 Å². The fourth-order valence-corrected chi connectivity index (χ4v) is 3.32. The molecule has 5 nitrogen and oxygen atoms in total. The van der Waals surface area contributed by atoms with E-state index < -0.39 is 0 Å². The van der Waals surface area contributed by atoms with E-state index in [0.29, 0.717) is 6.04 Å². The maximum absolute atomic E-state index is 5.32. The first-order valence-electron chi connectivity index (χ1n) is 8.94. The summed E-state index contributed by atoms with van der Waals surface area (Å²) in [6, 6.07) is 9.25. The van der Waals surface area contributed by atoms with Gasteiger partial charge < -0.3 is 20.3 Å². The van der Waals surface area contributed by atoms with Gasteiger partial charge in [0, 0.05) is 43.8 Å². The number of guanidine groups is 1. The molecular formula is C19H30N4O. The maximum Gasteiger partial charge on any atom is 0.191 e. The van der Waals surface area contributed by atoms with Gasteiger partial charge in [-0.05, 0) is 31.9 Å². The number of aliphatic imine (C=N–C) groups is 1. The van der Waals surface area contributed by atoms with Crippen molar-refractivity contribution in [2.75, 3.05) is 44.8 Å². The van der Waals surface area contributed by atoms with Crippen LogP contribution in [0.1, 0.15) is 25.3 Å². The number of anilines is 1. The molecule has 1 unspecified atom stereocenters. The second-order valence-corrected chi connectivity index (χ2v) is 7.49. The Morgan fingerprint density at radius 2 is 2.08 bits per heavy atom. The van der Waals surface area contributed by atoms with Gasteiger partial charge >= 0.3 is 0 Å². The highest BCUT2D eigenvalue weighted by atomic mass is 16.5. The Kier molecular flexibility index (Phi) is 5.29. The average molecular weight is 330 g/mol. The molecule has 0 amide bonds. The summed E-state index contributed by atoms with van der Waals surface area (Å²) in [5.41, 5.74) is 2.87. The highest BCUT2D eigenvalue weighted by molar-refractivity contribution is 5.80. The number of nitrogens with zero attached hydrogens (tertiary/aromatic N) is 2. The molecule has 2 saturated heterocycles. The zero-order valence-electron chi connectivity index (χ0n) is 15.1. The number of rotatable bonds is 4. The zero-order chi connectivity index (χ0) is 17.0. The summed E-state index contributed by atoms with van der Waals surface area (Å²) in [6.45, 7) is 9.10. The molecule has 3 rings (SSSR count). The molecule has 5 heteroatoms. The standard InChI is InChI=1S/C19H30N4O/c1-15-6-8-17(9-7-15)23-10-4-5-16(11-23)22-18(20-3)21-12-19(2)13-24-14-19/h6-9,16H,4-5,10-14H2,1-3H3,(H2,20,21,22). The molecule has 2 aliphatic rings. The van der Waals surface area contributed by atoms with E-state index in [0.717, 1.165) is 38.8 Å². The van der Waals surface area contributed by atoms with Gasteiger partial charge in [-0.3, -0.25) is 4.99 Å². The van der Waals surface area contributed by atoms with Crippen LogP contribution in [0.5, 0.6) is 0 Å². The van der Waals surface area contributed by atoms with Crippen LogP contribution in [-0.4, -0.2) is 51.9 Å². The van der Waals surface area contributed by atoms with Crippen LogP contribution in [0, 0.1) is 12.3 Å². The molecule has 0 bridgehead atoms. The largest absolute Gasteiger partial charge is 0.380 e. The van der Waals surface area contributed by atoms with E-state index in [1.807, 2.05) is 7.05 Å². The minimum Gasteiger partial charge on any atom is -0.380 e. The van der Waals surface area contributed by atoms with E-state index in [1.165, 1.54) is 24.1 Å². The predicted octanol–water partition coefficient (Wildman–Crippen LogP) is 2.17. The Morgan fingerprint density at radius 3 is 2.71 bits per heavy atom. The van der Waals surface area contributed by atoms with Crippen molar-refractivity contribution in [1.29, 1.82) is 0 Å². The van der Waals surface area contributed by atoms with Gasteiger partial charge in [-0.1, -0.05) is 24.6 Å². The SMILES string of the molecule is CN=C(NCC1(C)COC1)NC1CCCN(c2ccc(C)cc2)C1. The van der Waals surface area contributed by atoms with E-state index >= 15 is 0 Å². The summed E-state index contributed by atoms with van der Waals surface area (Å²) in [5.74, 6) is 0.902. The Morgan fingerprint density at radius 1 is 1.33 bits per heavy atom. The summed E-state index contributed by atoms with van der Waals surface area (Å²) < 4.78 is 5.32. The van der Waals surface area contributed by atoms with Crippen LogP contribution in [0.25, 0.3) is 0 Å². The molecule has 24 heavy (non-hydrogen) atoms. The highest BCUT2D eigenvalue weighted by Crippen LogP contribution is 2.25. The summed E-state index contributed by atoms with van der Waals surface area (Å²) in [6.07, 6.45) is 2.39. The van der Waals surface area contributed by atoms with E-state index in [1.54, 1.807) is 0 Å². The molecule has 0 saturated carbocycles.